The number of unbranched alkanes of at least 4 members (excludes halogenated alkanes) is 1. The van der Waals surface area contributed by atoms with Crippen LogP contribution in [0.25, 0.3) is 0 Å². The van der Waals surface area contributed by atoms with E-state index in [2.05, 4.69) is 32.9 Å². The van der Waals surface area contributed by atoms with E-state index in [1.54, 1.807) is 13.2 Å². The molecule has 0 fully saturated rings. The van der Waals surface area contributed by atoms with Crippen LogP contribution in [0, 0.1) is 5.92 Å². The van der Waals surface area contributed by atoms with E-state index in [9.17, 15) is 9.90 Å². The second-order valence-corrected chi connectivity index (χ2v) is 8.07. The van der Waals surface area contributed by atoms with Gasteiger partial charge in [-0.05, 0) is 89.3 Å². The van der Waals surface area contributed by atoms with Gasteiger partial charge in [-0.15, -0.1) is 0 Å². The van der Waals surface area contributed by atoms with E-state index in [0.29, 0.717) is 5.76 Å². The second-order valence-electron chi connectivity index (χ2n) is 8.07. The van der Waals surface area contributed by atoms with Crippen molar-refractivity contribution in [1.82, 2.24) is 0 Å². The monoisotopic (exact) mass is 398 g/mol. The Labute approximate surface area is 174 Å². The van der Waals surface area contributed by atoms with Gasteiger partial charge in [0.25, 0.3) is 0 Å². The predicted molar refractivity (Wildman–Crippen MR) is 116 cm³/mol. The molecule has 0 radical (unpaired) electrons. The van der Waals surface area contributed by atoms with Crippen molar-refractivity contribution in [3.05, 3.63) is 70.6 Å². The number of hydrogen-bond donors (Lipinski definition) is 1. The summed E-state index contributed by atoms with van der Waals surface area (Å²) in [5.74, 6) is 0.0458. The van der Waals surface area contributed by atoms with Gasteiger partial charge in [0.15, 0.2) is 11.5 Å². The van der Waals surface area contributed by atoms with Crippen LogP contribution in [0.3, 0.4) is 0 Å². The number of ether oxygens (including phenoxy) is 1. The Morgan fingerprint density at radius 1 is 1.17 bits per heavy atom. The van der Waals surface area contributed by atoms with E-state index >= 15 is 0 Å². The summed E-state index contributed by atoms with van der Waals surface area (Å²) in [5, 5.41) is 9.89. The van der Waals surface area contributed by atoms with Gasteiger partial charge in [-0.2, -0.15) is 0 Å². The lowest BCUT2D eigenvalue weighted by molar-refractivity contribution is -0.133. The normalized spacial score (nSPS) is 17.9. The number of hydrogen-bond acceptors (Lipinski definition) is 4. The Morgan fingerprint density at radius 2 is 1.86 bits per heavy atom. The van der Waals surface area contributed by atoms with Crippen molar-refractivity contribution >= 4 is 5.97 Å². The van der Waals surface area contributed by atoms with Crippen LogP contribution in [0.2, 0.25) is 0 Å². The van der Waals surface area contributed by atoms with Crippen LogP contribution in [-0.2, 0) is 16.0 Å². The zero-order valence-corrected chi connectivity index (χ0v) is 18.2. The van der Waals surface area contributed by atoms with Gasteiger partial charge in [0.05, 0.1) is 18.1 Å². The molecular weight excluding hydrogens is 364 g/mol. The summed E-state index contributed by atoms with van der Waals surface area (Å²) in [4.78, 5) is 11.5. The third-order valence-corrected chi connectivity index (χ3v) is 5.30. The highest BCUT2D eigenvalue weighted by Gasteiger charge is 2.26. The van der Waals surface area contributed by atoms with E-state index < -0.39 is 5.97 Å². The number of rotatable bonds is 11. The number of aryl methyl sites for hydroxylation is 1. The van der Waals surface area contributed by atoms with Gasteiger partial charge in [-0.3, -0.25) is 0 Å². The summed E-state index contributed by atoms with van der Waals surface area (Å²) in [6, 6.07) is 2.03. The Hall–Kier alpha value is -2.49. The average molecular weight is 399 g/mol. The van der Waals surface area contributed by atoms with Crippen LogP contribution in [0.5, 0.6) is 0 Å². The molecule has 4 nitrogen and oxygen atoms in total. The maximum Gasteiger partial charge on any atom is 0.343 e. The van der Waals surface area contributed by atoms with Gasteiger partial charge in [0.1, 0.15) is 0 Å². The summed E-state index contributed by atoms with van der Waals surface area (Å²) in [6.45, 7) is 8.03. The lowest BCUT2D eigenvalue weighted by atomic mass is 9.99. The first-order chi connectivity index (χ1) is 13.9. The highest BCUT2D eigenvalue weighted by molar-refractivity contribution is 5.93. The molecule has 29 heavy (non-hydrogen) atoms. The number of furan rings is 1. The smallest absolute Gasteiger partial charge is 0.343 e. The number of allylic oxidation sites excluding steroid dienone is 5. The first-order valence-electron chi connectivity index (χ1n) is 10.5. The van der Waals surface area contributed by atoms with E-state index in [1.807, 2.05) is 18.4 Å². The second kappa shape index (κ2) is 11.5. The Kier molecular flexibility index (Phi) is 9.04. The van der Waals surface area contributed by atoms with E-state index in [1.165, 1.54) is 16.7 Å². The molecule has 0 spiro atoms. The summed E-state index contributed by atoms with van der Waals surface area (Å²) >= 11 is 0. The van der Waals surface area contributed by atoms with Gasteiger partial charge in [-0.1, -0.05) is 30.2 Å². The number of cyclic esters (lactones) is 1. The molecule has 0 unspecified atom stereocenters. The van der Waals surface area contributed by atoms with Crippen LogP contribution < -0.4 is 0 Å². The van der Waals surface area contributed by atoms with E-state index in [0.717, 1.165) is 44.9 Å². The molecule has 0 bridgehead atoms. The molecule has 2 rings (SSSR count). The molecule has 0 amide bonds. The number of aliphatic hydroxyl groups excluding tert-OH is 1. The minimum Gasteiger partial charge on any atom is -0.504 e. The van der Waals surface area contributed by atoms with Crippen LogP contribution in [0.15, 0.2) is 69.5 Å². The van der Waals surface area contributed by atoms with Gasteiger partial charge in [0.2, 0.25) is 0 Å². The van der Waals surface area contributed by atoms with Crippen molar-refractivity contribution in [2.45, 2.75) is 72.6 Å². The summed E-state index contributed by atoms with van der Waals surface area (Å²) in [6.07, 6.45) is 17.5. The highest BCUT2D eigenvalue weighted by Crippen LogP contribution is 2.26. The molecule has 1 aromatic rings. The first kappa shape index (κ1) is 22.8. The molecule has 4 heteroatoms. The topological polar surface area (TPSA) is 59.7 Å². The third kappa shape index (κ3) is 7.80. The first-order valence-corrected chi connectivity index (χ1v) is 10.5. The largest absolute Gasteiger partial charge is 0.504 e. The average Bonchev–Trinajstić information content (AvgIpc) is 3.28. The maximum absolute atomic E-state index is 11.5. The molecule has 1 atom stereocenters. The molecule has 0 saturated carbocycles. The SMILES string of the molecule is CC1=C(O)/C(=C/[C@H](C)CC/C(C)=C\CC/C=C(/C)CCCc2ccoc2)OC1=O. The van der Waals surface area contributed by atoms with Gasteiger partial charge in [-0.25, -0.2) is 4.79 Å². The van der Waals surface area contributed by atoms with E-state index in [4.69, 9.17) is 9.15 Å². The molecule has 1 aromatic heterocycles. The zero-order chi connectivity index (χ0) is 21.2. The Morgan fingerprint density at radius 3 is 2.45 bits per heavy atom. The van der Waals surface area contributed by atoms with Gasteiger partial charge < -0.3 is 14.3 Å². The fourth-order valence-corrected chi connectivity index (χ4v) is 3.29. The van der Waals surface area contributed by atoms with Crippen LogP contribution in [-0.4, -0.2) is 11.1 Å². The summed E-state index contributed by atoms with van der Waals surface area (Å²) in [7, 11) is 0. The molecule has 1 aliphatic heterocycles. The van der Waals surface area contributed by atoms with E-state index in [-0.39, 0.29) is 17.3 Å². The van der Waals surface area contributed by atoms with Crippen molar-refractivity contribution in [2.24, 2.45) is 5.92 Å². The highest BCUT2D eigenvalue weighted by atomic mass is 16.6. The number of carbonyl (C=O) groups is 1. The standard InChI is InChI=1S/C25H34O4/c1-18(10-7-11-22-14-15-28-17-22)8-5-6-9-19(2)12-13-20(3)16-23-24(26)21(4)25(27)29-23/h8-9,14-17,20,26H,5-7,10-13H2,1-4H3/b18-8-,19-9-,23-16-/t20-/m1/s1. The lowest BCUT2D eigenvalue weighted by Crippen LogP contribution is -1.98. The molecule has 0 aromatic carbocycles. The minimum absolute atomic E-state index is 0.0268. The van der Waals surface area contributed by atoms with Crippen LogP contribution in [0.1, 0.15) is 71.8 Å². The van der Waals surface area contributed by atoms with Crippen molar-refractivity contribution in [3.63, 3.8) is 0 Å². The molecule has 1 aliphatic rings. The number of esters is 1. The Bertz CT molecular complexity index is 791. The molecule has 158 valence electrons. The molecule has 2 heterocycles. The maximum atomic E-state index is 11.5. The molecule has 0 aliphatic carbocycles. The molecule has 0 saturated heterocycles. The summed E-state index contributed by atoms with van der Waals surface area (Å²) in [5.41, 5.74) is 4.38. The quantitative estimate of drug-likeness (QED) is 0.248. The van der Waals surface area contributed by atoms with Crippen molar-refractivity contribution in [1.29, 1.82) is 0 Å². The van der Waals surface area contributed by atoms with Gasteiger partial charge in [0, 0.05) is 0 Å². The number of carbonyl (C=O) groups excluding carboxylic acids is 1. The zero-order valence-electron chi connectivity index (χ0n) is 18.2. The third-order valence-electron chi connectivity index (χ3n) is 5.30. The van der Waals surface area contributed by atoms with Gasteiger partial charge >= 0.3 is 5.97 Å². The predicted octanol–water partition coefficient (Wildman–Crippen LogP) is 6.96. The van der Waals surface area contributed by atoms with Crippen LogP contribution >= 0.6 is 0 Å². The fourth-order valence-electron chi connectivity index (χ4n) is 3.29. The molecular formula is C25H34O4. The molecule has 1 N–H and O–H groups in total. The van der Waals surface area contributed by atoms with Crippen molar-refractivity contribution in [3.8, 4) is 0 Å². The lowest BCUT2D eigenvalue weighted by Gasteiger charge is -2.08. The number of aliphatic hydroxyl groups is 1. The van der Waals surface area contributed by atoms with Crippen LogP contribution in [0.4, 0.5) is 0 Å². The van der Waals surface area contributed by atoms with Crippen molar-refractivity contribution < 1.29 is 19.1 Å². The summed E-state index contributed by atoms with van der Waals surface area (Å²) < 4.78 is 10.2. The fraction of sp³-hybridized carbons (Fsp3) is 0.480. The minimum atomic E-state index is -0.457. The Balaban J connectivity index is 1.64. The van der Waals surface area contributed by atoms with Crippen molar-refractivity contribution in [2.75, 3.05) is 0 Å².